The molecule has 140 valence electrons. The van der Waals surface area contributed by atoms with Crippen molar-refractivity contribution in [2.75, 3.05) is 38.0 Å². The third kappa shape index (κ3) is 4.80. The zero-order chi connectivity index (χ0) is 19.5. The molecule has 1 amide bonds. The van der Waals surface area contributed by atoms with Gasteiger partial charge in [-0.3, -0.25) is 4.79 Å². The molecule has 0 aliphatic rings. The molecule has 0 fully saturated rings. The van der Waals surface area contributed by atoms with Crippen LogP contribution < -0.4 is 15.1 Å². The minimum atomic E-state index is -4.51. The largest absolute Gasteiger partial charge is 0.416 e. The van der Waals surface area contributed by atoms with E-state index >= 15 is 0 Å². The summed E-state index contributed by atoms with van der Waals surface area (Å²) >= 11 is 0. The summed E-state index contributed by atoms with van der Waals surface area (Å²) in [6.45, 7) is -0.0424. The van der Waals surface area contributed by atoms with Crippen LogP contribution in [0.5, 0.6) is 0 Å². The Labute approximate surface area is 148 Å². The molecule has 1 N–H and O–H groups in total. The Morgan fingerprint density at radius 1 is 1.04 bits per heavy atom. The molecule has 1 heterocycles. The molecular formula is C16H19F3N6O. The molecule has 0 saturated heterocycles. The van der Waals surface area contributed by atoms with Gasteiger partial charge in [-0.15, -0.1) is 0 Å². The highest BCUT2D eigenvalue weighted by Crippen LogP contribution is 2.29. The third-order valence-electron chi connectivity index (χ3n) is 3.32. The topological polar surface area (TPSA) is 74.2 Å². The number of nitrogens with zero attached hydrogens (tertiary/aromatic N) is 5. The van der Waals surface area contributed by atoms with Gasteiger partial charge in [-0.25, -0.2) is 0 Å². The Kier molecular flexibility index (Phi) is 5.63. The molecule has 0 saturated carbocycles. The standard InChI is InChI=1S/C16H19F3N6O/c1-24(2)14-21-12(22-15(23-14)25(3)4)9-20-13(26)10-6-5-7-11(8-10)16(17,18)19/h5-8H,9H2,1-4H3,(H,20,26). The number of carbonyl (C=O) groups excluding carboxylic acids is 1. The van der Waals surface area contributed by atoms with E-state index in [9.17, 15) is 18.0 Å². The predicted molar refractivity (Wildman–Crippen MR) is 91.1 cm³/mol. The monoisotopic (exact) mass is 368 g/mol. The summed E-state index contributed by atoms with van der Waals surface area (Å²) in [5.41, 5.74) is -0.968. The summed E-state index contributed by atoms with van der Waals surface area (Å²) in [6.07, 6.45) is -4.51. The van der Waals surface area contributed by atoms with E-state index in [4.69, 9.17) is 0 Å². The number of aromatic nitrogens is 3. The number of benzene rings is 1. The van der Waals surface area contributed by atoms with Crippen molar-refractivity contribution in [1.82, 2.24) is 20.3 Å². The summed E-state index contributed by atoms with van der Waals surface area (Å²) in [5, 5.41) is 2.53. The van der Waals surface area contributed by atoms with Gasteiger partial charge < -0.3 is 15.1 Å². The zero-order valence-corrected chi connectivity index (χ0v) is 14.8. The van der Waals surface area contributed by atoms with Gasteiger partial charge in [0.05, 0.1) is 12.1 Å². The number of carbonyl (C=O) groups is 1. The quantitative estimate of drug-likeness (QED) is 0.870. The predicted octanol–water partition coefficient (Wildman–Crippen LogP) is 1.95. The van der Waals surface area contributed by atoms with Crippen LogP contribution in [-0.2, 0) is 12.7 Å². The lowest BCUT2D eigenvalue weighted by Gasteiger charge is -2.16. The van der Waals surface area contributed by atoms with Crippen molar-refractivity contribution in [3.8, 4) is 0 Å². The van der Waals surface area contributed by atoms with Crippen LogP contribution in [0.3, 0.4) is 0 Å². The van der Waals surface area contributed by atoms with E-state index in [-0.39, 0.29) is 12.1 Å². The van der Waals surface area contributed by atoms with E-state index in [1.807, 2.05) is 0 Å². The third-order valence-corrected chi connectivity index (χ3v) is 3.32. The van der Waals surface area contributed by atoms with Crippen molar-refractivity contribution in [1.29, 1.82) is 0 Å². The first-order valence-electron chi connectivity index (χ1n) is 7.63. The summed E-state index contributed by atoms with van der Waals surface area (Å²) in [6, 6.07) is 4.22. The maximum Gasteiger partial charge on any atom is 0.416 e. The van der Waals surface area contributed by atoms with Gasteiger partial charge in [0.2, 0.25) is 11.9 Å². The maximum absolute atomic E-state index is 12.8. The second kappa shape index (κ2) is 7.54. The fourth-order valence-corrected chi connectivity index (χ4v) is 1.97. The first kappa shape index (κ1) is 19.4. The second-order valence-corrected chi connectivity index (χ2v) is 5.90. The van der Waals surface area contributed by atoms with Crippen molar-refractivity contribution in [2.24, 2.45) is 0 Å². The minimum Gasteiger partial charge on any atom is -0.347 e. The average Bonchev–Trinajstić information content (AvgIpc) is 2.58. The normalized spacial score (nSPS) is 11.2. The molecule has 0 unspecified atom stereocenters. The van der Waals surface area contributed by atoms with Crippen LogP contribution >= 0.6 is 0 Å². The molecule has 1 aromatic carbocycles. The van der Waals surface area contributed by atoms with E-state index < -0.39 is 17.6 Å². The van der Waals surface area contributed by atoms with Crippen LogP contribution in [0, 0.1) is 0 Å². The van der Waals surface area contributed by atoms with Crippen LogP contribution in [0.1, 0.15) is 21.7 Å². The molecule has 2 rings (SSSR count). The molecule has 7 nitrogen and oxygen atoms in total. The Bertz CT molecular complexity index is 766. The Morgan fingerprint density at radius 3 is 2.12 bits per heavy atom. The fraction of sp³-hybridized carbons (Fsp3) is 0.375. The summed E-state index contributed by atoms with van der Waals surface area (Å²) in [5.74, 6) is 0.473. The molecule has 10 heteroatoms. The molecule has 0 bridgehead atoms. The van der Waals surface area contributed by atoms with Crippen molar-refractivity contribution < 1.29 is 18.0 Å². The number of amides is 1. The van der Waals surface area contributed by atoms with Crippen LogP contribution in [0.4, 0.5) is 25.1 Å². The lowest BCUT2D eigenvalue weighted by molar-refractivity contribution is -0.137. The second-order valence-electron chi connectivity index (χ2n) is 5.90. The van der Waals surface area contributed by atoms with Gasteiger partial charge in [0.1, 0.15) is 0 Å². The molecule has 2 aromatic rings. The SMILES string of the molecule is CN(C)c1nc(CNC(=O)c2cccc(C(F)(F)F)c2)nc(N(C)C)n1. The number of rotatable bonds is 5. The average molecular weight is 368 g/mol. The van der Waals surface area contributed by atoms with Crippen LogP contribution in [0.15, 0.2) is 24.3 Å². The molecule has 0 aliphatic heterocycles. The summed E-state index contributed by atoms with van der Waals surface area (Å²) in [4.78, 5) is 28.2. The lowest BCUT2D eigenvalue weighted by atomic mass is 10.1. The maximum atomic E-state index is 12.8. The van der Waals surface area contributed by atoms with E-state index in [1.165, 1.54) is 12.1 Å². The van der Waals surface area contributed by atoms with E-state index in [2.05, 4.69) is 20.3 Å². The molecule has 0 spiro atoms. The lowest BCUT2D eigenvalue weighted by Crippen LogP contribution is -2.26. The number of hydrogen-bond acceptors (Lipinski definition) is 6. The number of nitrogens with one attached hydrogen (secondary N) is 1. The number of halogens is 3. The van der Waals surface area contributed by atoms with Crippen LogP contribution in [0.2, 0.25) is 0 Å². The van der Waals surface area contributed by atoms with Gasteiger partial charge in [0.25, 0.3) is 5.91 Å². The Balaban J connectivity index is 2.17. The summed E-state index contributed by atoms with van der Waals surface area (Å²) in [7, 11) is 7.05. The molecule has 26 heavy (non-hydrogen) atoms. The van der Waals surface area contributed by atoms with Gasteiger partial charge in [-0.1, -0.05) is 6.07 Å². The molecule has 0 aliphatic carbocycles. The Morgan fingerprint density at radius 2 is 1.62 bits per heavy atom. The zero-order valence-electron chi connectivity index (χ0n) is 14.8. The summed E-state index contributed by atoms with van der Waals surface area (Å²) < 4.78 is 38.3. The van der Waals surface area contributed by atoms with Crippen molar-refractivity contribution in [3.63, 3.8) is 0 Å². The smallest absolute Gasteiger partial charge is 0.347 e. The van der Waals surface area contributed by atoms with E-state index in [0.717, 1.165) is 12.1 Å². The van der Waals surface area contributed by atoms with Crippen LogP contribution in [-0.4, -0.2) is 49.0 Å². The molecule has 0 radical (unpaired) electrons. The first-order chi connectivity index (χ1) is 12.1. The van der Waals surface area contributed by atoms with Gasteiger partial charge in [0.15, 0.2) is 5.82 Å². The van der Waals surface area contributed by atoms with Crippen molar-refractivity contribution in [3.05, 3.63) is 41.2 Å². The van der Waals surface area contributed by atoms with Gasteiger partial charge >= 0.3 is 6.18 Å². The van der Waals surface area contributed by atoms with Crippen molar-refractivity contribution in [2.45, 2.75) is 12.7 Å². The van der Waals surface area contributed by atoms with Gasteiger partial charge in [-0.05, 0) is 18.2 Å². The highest BCUT2D eigenvalue weighted by Gasteiger charge is 2.30. The van der Waals surface area contributed by atoms with E-state index in [1.54, 1.807) is 38.0 Å². The Hall–Kier alpha value is -2.91. The highest BCUT2D eigenvalue weighted by molar-refractivity contribution is 5.94. The molecule has 1 aromatic heterocycles. The van der Waals surface area contributed by atoms with Gasteiger partial charge in [0, 0.05) is 33.8 Å². The van der Waals surface area contributed by atoms with Gasteiger partial charge in [-0.2, -0.15) is 28.1 Å². The first-order valence-corrected chi connectivity index (χ1v) is 7.63. The number of alkyl halides is 3. The highest BCUT2D eigenvalue weighted by atomic mass is 19.4. The van der Waals surface area contributed by atoms with E-state index in [0.29, 0.717) is 17.7 Å². The number of anilines is 2. The molecule has 0 atom stereocenters. The molecular weight excluding hydrogens is 349 g/mol. The van der Waals surface area contributed by atoms with Crippen molar-refractivity contribution >= 4 is 17.8 Å². The van der Waals surface area contributed by atoms with Crippen LogP contribution in [0.25, 0.3) is 0 Å². The fourth-order valence-electron chi connectivity index (χ4n) is 1.97. The minimum absolute atomic E-state index is 0.0424. The number of hydrogen-bond donors (Lipinski definition) is 1.